The summed E-state index contributed by atoms with van der Waals surface area (Å²) in [4.78, 5) is 10.3. The molecule has 0 aromatic heterocycles. The Kier molecular flexibility index (Phi) is 7.16. The van der Waals surface area contributed by atoms with Gasteiger partial charge in [0.2, 0.25) is 6.43 Å². The predicted molar refractivity (Wildman–Crippen MR) is 71.0 cm³/mol. The SMILES string of the molecule is COc1cc([C@H](N)CC(F)F)c([N+](=O)[O-])cc1OC.Cl. The molecule has 0 unspecified atom stereocenters. The number of nitrogens with two attached hydrogens (primary N) is 1. The van der Waals surface area contributed by atoms with Gasteiger partial charge in [-0.3, -0.25) is 10.1 Å². The zero-order valence-electron chi connectivity index (χ0n) is 10.8. The van der Waals surface area contributed by atoms with Crippen LogP contribution in [0.3, 0.4) is 0 Å². The summed E-state index contributed by atoms with van der Waals surface area (Å²) in [6, 6.07) is 1.21. The Bertz CT molecular complexity index is 474. The van der Waals surface area contributed by atoms with Crippen LogP contribution in [0, 0.1) is 10.1 Å². The molecule has 0 heterocycles. The van der Waals surface area contributed by atoms with E-state index in [0.717, 1.165) is 6.07 Å². The number of ether oxygens (including phenoxy) is 2. The first-order chi connectivity index (χ1) is 8.90. The fourth-order valence-corrected chi connectivity index (χ4v) is 1.66. The smallest absolute Gasteiger partial charge is 0.278 e. The van der Waals surface area contributed by atoms with Crippen molar-refractivity contribution in [3.05, 3.63) is 27.8 Å². The fourth-order valence-electron chi connectivity index (χ4n) is 1.66. The summed E-state index contributed by atoms with van der Waals surface area (Å²) in [5.41, 5.74) is 5.19. The van der Waals surface area contributed by atoms with Gasteiger partial charge in [0.05, 0.1) is 30.8 Å². The largest absolute Gasteiger partial charge is 0.493 e. The summed E-state index contributed by atoms with van der Waals surface area (Å²) in [6.45, 7) is 0. The van der Waals surface area contributed by atoms with Crippen molar-refractivity contribution in [3.8, 4) is 11.5 Å². The van der Waals surface area contributed by atoms with E-state index in [-0.39, 0.29) is 35.2 Å². The molecule has 9 heteroatoms. The maximum atomic E-state index is 12.3. The molecule has 2 N–H and O–H groups in total. The van der Waals surface area contributed by atoms with Crippen molar-refractivity contribution < 1.29 is 23.2 Å². The van der Waals surface area contributed by atoms with E-state index < -0.39 is 23.8 Å². The van der Waals surface area contributed by atoms with Crippen molar-refractivity contribution in [2.45, 2.75) is 18.9 Å². The number of nitrogens with zero attached hydrogens (tertiary/aromatic N) is 1. The molecule has 0 radical (unpaired) electrons. The molecule has 0 bridgehead atoms. The van der Waals surface area contributed by atoms with Crippen LogP contribution in [-0.2, 0) is 0 Å². The van der Waals surface area contributed by atoms with Gasteiger partial charge in [-0.15, -0.1) is 12.4 Å². The Labute approximate surface area is 120 Å². The van der Waals surface area contributed by atoms with Crippen LogP contribution in [0.15, 0.2) is 12.1 Å². The molecule has 0 aliphatic rings. The maximum Gasteiger partial charge on any atom is 0.278 e. The third kappa shape index (κ3) is 4.17. The lowest BCUT2D eigenvalue weighted by Gasteiger charge is -2.15. The van der Waals surface area contributed by atoms with Crippen molar-refractivity contribution in [1.29, 1.82) is 0 Å². The molecule has 20 heavy (non-hydrogen) atoms. The summed E-state index contributed by atoms with van der Waals surface area (Å²) in [6.07, 6.45) is -3.32. The van der Waals surface area contributed by atoms with Gasteiger partial charge in [-0.25, -0.2) is 8.78 Å². The first kappa shape index (κ1) is 18.3. The van der Waals surface area contributed by atoms with E-state index in [2.05, 4.69) is 0 Å². The van der Waals surface area contributed by atoms with Crippen LogP contribution in [0.4, 0.5) is 14.5 Å². The second-order valence-corrected chi connectivity index (χ2v) is 3.76. The third-order valence-electron chi connectivity index (χ3n) is 2.56. The highest BCUT2D eigenvalue weighted by atomic mass is 35.5. The molecule has 0 amide bonds. The molecule has 0 saturated heterocycles. The lowest BCUT2D eigenvalue weighted by atomic mass is 10.0. The number of hydrogen-bond acceptors (Lipinski definition) is 5. The topological polar surface area (TPSA) is 87.6 Å². The number of nitro groups is 1. The van der Waals surface area contributed by atoms with Crippen molar-refractivity contribution >= 4 is 18.1 Å². The van der Waals surface area contributed by atoms with E-state index in [1.54, 1.807) is 0 Å². The minimum atomic E-state index is -2.65. The monoisotopic (exact) mass is 312 g/mol. The molecule has 0 fully saturated rings. The third-order valence-corrected chi connectivity index (χ3v) is 2.56. The number of nitro benzene ring substituents is 1. The van der Waals surface area contributed by atoms with Gasteiger partial charge in [-0.1, -0.05) is 0 Å². The quantitative estimate of drug-likeness (QED) is 0.644. The molecular formula is C11H15ClF2N2O4. The molecule has 0 aliphatic carbocycles. The van der Waals surface area contributed by atoms with Crippen LogP contribution in [0.25, 0.3) is 0 Å². The number of hydrogen-bond donors (Lipinski definition) is 1. The minimum absolute atomic E-state index is 0. The number of halogens is 3. The number of rotatable bonds is 6. The summed E-state index contributed by atoms with van der Waals surface area (Å²) >= 11 is 0. The zero-order chi connectivity index (χ0) is 14.6. The molecule has 1 atom stereocenters. The van der Waals surface area contributed by atoms with Crippen LogP contribution >= 0.6 is 12.4 Å². The molecule has 0 aliphatic heterocycles. The van der Waals surface area contributed by atoms with Crippen LogP contribution in [0.5, 0.6) is 11.5 Å². The summed E-state index contributed by atoms with van der Waals surface area (Å²) in [7, 11) is 2.66. The molecule has 0 saturated carbocycles. The van der Waals surface area contributed by atoms with Gasteiger partial charge in [-0.2, -0.15) is 0 Å². The van der Waals surface area contributed by atoms with Gasteiger partial charge in [0.25, 0.3) is 5.69 Å². The Hall–Kier alpha value is -1.67. The van der Waals surface area contributed by atoms with Crippen molar-refractivity contribution in [1.82, 2.24) is 0 Å². The van der Waals surface area contributed by atoms with E-state index in [9.17, 15) is 18.9 Å². The molecule has 1 rings (SSSR count). The highest BCUT2D eigenvalue weighted by molar-refractivity contribution is 5.85. The first-order valence-corrected chi connectivity index (χ1v) is 5.34. The Morgan fingerprint density at radius 2 is 1.80 bits per heavy atom. The minimum Gasteiger partial charge on any atom is -0.493 e. The van der Waals surface area contributed by atoms with Gasteiger partial charge < -0.3 is 15.2 Å². The van der Waals surface area contributed by atoms with Crippen molar-refractivity contribution in [3.63, 3.8) is 0 Å². The van der Waals surface area contributed by atoms with Gasteiger partial charge >= 0.3 is 0 Å². The average molecular weight is 313 g/mol. The summed E-state index contributed by atoms with van der Waals surface area (Å²) in [5, 5.41) is 10.9. The van der Waals surface area contributed by atoms with Crippen LogP contribution in [0.1, 0.15) is 18.0 Å². The van der Waals surface area contributed by atoms with Gasteiger partial charge in [0, 0.05) is 12.5 Å². The van der Waals surface area contributed by atoms with Crippen LogP contribution < -0.4 is 15.2 Å². The van der Waals surface area contributed by atoms with E-state index in [0.29, 0.717) is 0 Å². The lowest BCUT2D eigenvalue weighted by Crippen LogP contribution is -2.16. The molecule has 1 aromatic carbocycles. The summed E-state index contributed by atoms with van der Waals surface area (Å²) < 4.78 is 34.6. The van der Waals surface area contributed by atoms with Crippen LogP contribution in [-0.4, -0.2) is 25.6 Å². The number of alkyl halides is 2. The van der Waals surface area contributed by atoms with E-state index >= 15 is 0 Å². The molecule has 1 aromatic rings. The van der Waals surface area contributed by atoms with E-state index in [1.807, 2.05) is 0 Å². The standard InChI is InChI=1S/C11H14F2N2O4.ClH/c1-18-9-3-6(7(14)4-11(12)13)8(15(16)17)5-10(9)19-2;/h3,5,7,11H,4,14H2,1-2H3;1H/t7-;/m1./s1. The zero-order valence-corrected chi connectivity index (χ0v) is 11.7. The van der Waals surface area contributed by atoms with Gasteiger partial charge in [0.15, 0.2) is 11.5 Å². The Morgan fingerprint density at radius 3 is 2.20 bits per heavy atom. The van der Waals surface area contributed by atoms with Crippen molar-refractivity contribution in [2.24, 2.45) is 5.73 Å². The van der Waals surface area contributed by atoms with Crippen molar-refractivity contribution in [2.75, 3.05) is 14.2 Å². The Morgan fingerprint density at radius 1 is 1.30 bits per heavy atom. The van der Waals surface area contributed by atoms with Gasteiger partial charge in [0.1, 0.15) is 0 Å². The van der Waals surface area contributed by atoms with Gasteiger partial charge in [-0.05, 0) is 6.07 Å². The number of methoxy groups -OCH3 is 2. The number of benzene rings is 1. The molecular weight excluding hydrogens is 298 g/mol. The second-order valence-electron chi connectivity index (χ2n) is 3.76. The maximum absolute atomic E-state index is 12.3. The molecule has 0 spiro atoms. The van der Waals surface area contributed by atoms with E-state index in [1.165, 1.54) is 20.3 Å². The molecule has 114 valence electrons. The lowest BCUT2D eigenvalue weighted by molar-refractivity contribution is -0.385. The van der Waals surface area contributed by atoms with E-state index in [4.69, 9.17) is 15.2 Å². The predicted octanol–water partition coefficient (Wildman–Crippen LogP) is 2.69. The first-order valence-electron chi connectivity index (χ1n) is 5.34. The Balaban J connectivity index is 0.00000361. The summed E-state index contributed by atoms with van der Waals surface area (Å²) in [5.74, 6) is 0.343. The highest BCUT2D eigenvalue weighted by Crippen LogP contribution is 2.37. The average Bonchev–Trinajstić information content (AvgIpc) is 2.35. The van der Waals surface area contributed by atoms with Crippen LogP contribution in [0.2, 0.25) is 0 Å². The fraction of sp³-hybridized carbons (Fsp3) is 0.455. The molecule has 6 nitrogen and oxygen atoms in total. The highest BCUT2D eigenvalue weighted by Gasteiger charge is 2.25. The normalized spacial score (nSPS) is 11.7. The second kappa shape index (κ2) is 7.81.